The number of rotatable bonds is 1. The molecule has 3 atom stereocenters. The molecule has 3 fully saturated rings. The van der Waals surface area contributed by atoms with Crippen molar-refractivity contribution < 1.29 is 4.79 Å². The fourth-order valence-electron chi connectivity index (χ4n) is 3.53. The summed E-state index contributed by atoms with van der Waals surface area (Å²) in [6.07, 6.45) is 6.31. The van der Waals surface area contributed by atoms with Gasteiger partial charge in [0.2, 0.25) is 5.91 Å². The molecule has 92 valence electrons. The lowest BCUT2D eigenvalue weighted by Gasteiger charge is -2.21. The molecule has 2 saturated heterocycles. The van der Waals surface area contributed by atoms with Gasteiger partial charge in [-0.05, 0) is 44.1 Å². The van der Waals surface area contributed by atoms with Crippen LogP contribution in [0, 0.1) is 11.8 Å². The Morgan fingerprint density at radius 3 is 2.31 bits per heavy atom. The molecule has 2 unspecified atom stereocenters. The van der Waals surface area contributed by atoms with Crippen molar-refractivity contribution in [3.05, 3.63) is 0 Å². The molecule has 0 radical (unpaired) electrons. The Balaban J connectivity index is 0.000000963. The van der Waals surface area contributed by atoms with E-state index in [-0.39, 0.29) is 18.4 Å². The predicted molar refractivity (Wildman–Crippen MR) is 65.7 cm³/mol. The second kappa shape index (κ2) is 4.92. The minimum absolute atomic E-state index is 0. The molecule has 16 heavy (non-hydrogen) atoms. The van der Waals surface area contributed by atoms with Crippen LogP contribution in [-0.4, -0.2) is 36.5 Å². The second-order valence-corrected chi connectivity index (χ2v) is 5.34. The van der Waals surface area contributed by atoms with Crippen LogP contribution < -0.4 is 5.32 Å². The maximum atomic E-state index is 12.1. The molecule has 0 bridgehead atoms. The lowest BCUT2D eigenvalue weighted by atomic mass is 10.0. The molecule has 1 amide bonds. The Hall–Kier alpha value is -0.280. The van der Waals surface area contributed by atoms with Crippen LogP contribution in [-0.2, 0) is 4.79 Å². The van der Waals surface area contributed by atoms with E-state index in [1.165, 1.54) is 19.3 Å². The smallest absolute Gasteiger partial charge is 0.239 e. The number of nitrogens with one attached hydrogen (secondary N) is 1. The number of carbonyl (C=O) groups excluding carboxylic acids is 1. The second-order valence-electron chi connectivity index (χ2n) is 5.34. The van der Waals surface area contributed by atoms with Crippen molar-refractivity contribution in [3.63, 3.8) is 0 Å². The summed E-state index contributed by atoms with van der Waals surface area (Å²) in [4.78, 5) is 14.3. The first kappa shape index (κ1) is 12.2. The molecule has 0 aromatic carbocycles. The van der Waals surface area contributed by atoms with Gasteiger partial charge in [0.25, 0.3) is 0 Å². The quantitative estimate of drug-likeness (QED) is 0.757. The molecule has 4 heteroatoms. The van der Waals surface area contributed by atoms with E-state index in [2.05, 4.69) is 10.2 Å². The molecule has 3 aliphatic rings. The van der Waals surface area contributed by atoms with Gasteiger partial charge in [0.15, 0.2) is 0 Å². The van der Waals surface area contributed by atoms with E-state index in [0.29, 0.717) is 5.91 Å². The van der Waals surface area contributed by atoms with E-state index in [9.17, 15) is 4.79 Å². The van der Waals surface area contributed by atoms with Gasteiger partial charge in [0.05, 0.1) is 6.04 Å². The highest BCUT2D eigenvalue weighted by Crippen LogP contribution is 2.38. The highest BCUT2D eigenvalue weighted by atomic mass is 35.5. The number of nitrogens with zero attached hydrogens (tertiary/aromatic N) is 1. The van der Waals surface area contributed by atoms with Crippen molar-refractivity contribution in [2.24, 2.45) is 11.8 Å². The number of likely N-dealkylation sites (tertiary alicyclic amines) is 1. The number of carbonyl (C=O) groups is 1. The zero-order valence-electron chi connectivity index (χ0n) is 9.65. The molecular formula is C12H21ClN2O. The molecule has 0 aromatic heterocycles. The van der Waals surface area contributed by atoms with Crippen molar-refractivity contribution in [2.75, 3.05) is 19.6 Å². The number of halogens is 1. The molecular weight excluding hydrogens is 224 g/mol. The van der Waals surface area contributed by atoms with Crippen LogP contribution >= 0.6 is 12.4 Å². The summed E-state index contributed by atoms with van der Waals surface area (Å²) in [7, 11) is 0. The number of amides is 1. The summed E-state index contributed by atoms with van der Waals surface area (Å²) in [6, 6.07) is 0.142. The van der Waals surface area contributed by atoms with Gasteiger partial charge >= 0.3 is 0 Å². The number of hydrogen-bond acceptors (Lipinski definition) is 2. The van der Waals surface area contributed by atoms with E-state index in [0.717, 1.165) is 44.3 Å². The van der Waals surface area contributed by atoms with Gasteiger partial charge in [-0.2, -0.15) is 0 Å². The third kappa shape index (κ3) is 2.07. The summed E-state index contributed by atoms with van der Waals surface area (Å²) in [5, 5.41) is 3.31. The van der Waals surface area contributed by atoms with Crippen LogP contribution in [0.5, 0.6) is 0 Å². The Morgan fingerprint density at radius 2 is 1.75 bits per heavy atom. The topological polar surface area (TPSA) is 32.3 Å². The molecule has 1 N–H and O–H groups in total. The first-order valence-electron chi connectivity index (χ1n) is 6.37. The maximum absolute atomic E-state index is 12.1. The van der Waals surface area contributed by atoms with Crippen LogP contribution in [0.25, 0.3) is 0 Å². The van der Waals surface area contributed by atoms with Gasteiger partial charge in [-0.3, -0.25) is 4.79 Å². The zero-order chi connectivity index (χ0) is 10.3. The summed E-state index contributed by atoms with van der Waals surface area (Å²) in [5.74, 6) is 2.03. The Bertz CT molecular complexity index is 254. The zero-order valence-corrected chi connectivity index (χ0v) is 10.5. The predicted octanol–water partition coefficient (Wildman–Crippen LogP) is 1.42. The monoisotopic (exact) mass is 244 g/mol. The van der Waals surface area contributed by atoms with Crippen molar-refractivity contribution in [1.82, 2.24) is 10.2 Å². The van der Waals surface area contributed by atoms with Crippen molar-refractivity contribution in [2.45, 2.75) is 38.1 Å². The molecule has 1 aliphatic carbocycles. The fourth-order valence-corrected chi connectivity index (χ4v) is 3.53. The summed E-state index contributed by atoms with van der Waals surface area (Å²) < 4.78 is 0. The minimum atomic E-state index is 0. The highest BCUT2D eigenvalue weighted by molar-refractivity contribution is 5.85. The summed E-state index contributed by atoms with van der Waals surface area (Å²) >= 11 is 0. The number of fused-ring (bicyclic) bond motifs is 1. The van der Waals surface area contributed by atoms with Crippen LogP contribution in [0.3, 0.4) is 0 Å². The first-order valence-corrected chi connectivity index (χ1v) is 6.37. The standard InChI is InChI=1S/C12H20N2O.ClH/c15-12(11-5-2-6-13-11)14-7-9-3-1-4-10(9)8-14;/h9-11,13H,1-8H2;1H/t9?,10?,11-;/m0./s1. The van der Waals surface area contributed by atoms with E-state index >= 15 is 0 Å². The molecule has 3 rings (SSSR count). The summed E-state index contributed by atoms with van der Waals surface area (Å²) in [5.41, 5.74) is 0. The lowest BCUT2D eigenvalue weighted by Crippen LogP contribution is -2.42. The number of hydrogen-bond donors (Lipinski definition) is 1. The Kier molecular flexibility index (Phi) is 3.75. The molecule has 2 aliphatic heterocycles. The van der Waals surface area contributed by atoms with E-state index in [4.69, 9.17) is 0 Å². The Morgan fingerprint density at radius 1 is 1.06 bits per heavy atom. The molecule has 2 heterocycles. The van der Waals surface area contributed by atoms with Crippen LogP contribution in [0.15, 0.2) is 0 Å². The van der Waals surface area contributed by atoms with Gasteiger partial charge in [-0.15, -0.1) is 12.4 Å². The lowest BCUT2D eigenvalue weighted by molar-refractivity contribution is -0.132. The normalized spacial score (nSPS) is 37.2. The summed E-state index contributed by atoms with van der Waals surface area (Å²) in [6.45, 7) is 3.11. The first-order chi connectivity index (χ1) is 7.34. The van der Waals surface area contributed by atoms with E-state index in [1.54, 1.807) is 0 Å². The minimum Gasteiger partial charge on any atom is -0.341 e. The van der Waals surface area contributed by atoms with Gasteiger partial charge in [-0.25, -0.2) is 0 Å². The van der Waals surface area contributed by atoms with Crippen LogP contribution in [0.1, 0.15) is 32.1 Å². The van der Waals surface area contributed by atoms with E-state index < -0.39 is 0 Å². The van der Waals surface area contributed by atoms with Crippen molar-refractivity contribution in [3.8, 4) is 0 Å². The van der Waals surface area contributed by atoms with Gasteiger partial charge in [0, 0.05) is 13.1 Å². The molecule has 0 spiro atoms. The third-order valence-corrected chi connectivity index (χ3v) is 4.40. The van der Waals surface area contributed by atoms with Crippen LogP contribution in [0.2, 0.25) is 0 Å². The molecule has 1 saturated carbocycles. The fraction of sp³-hybridized carbons (Fsp3) is 0.917. The van der Waals surface area contributed by atoms with Crippen molar-refractivity contribution >= 4 is 18.3 Å². The van der Waals surface area contributed by atoms with Crippen LogP contribution in [0.4, 0.5) is 0 Å². The van der Waals surface area contributed by atoms with Gasteiger partial charge < -0.3 is 10.2 Å². The molecule has 0 aromatic rings. The average molecular weight is 245 g/mol. The highest BCUT2D eigenvalue weighted by Gasteiger charge is 2.39. The largest absolute Gasteiger partial charge is 0.341 e. The van der Waals surface area contributed by atoms with Crippen molar-refractivity contribution in [1.29, 1.82) is 0 Å². The maximum Gasteiger partial charge on any atom is 0.239 e. The Labute approximate surface area is 103 Å². The average Bonchev–Trinajstić information content (AvgIpc) is 2.92. The third-order valence-electron chi connectivity index (χ3n) is 4.40. The molecule has 3 nitrogen and oxygen atoms in total. The van der Waals surface area contributed by atoms with E-state index in [1.807, 2.05) is 0 Å². The SMILES string of the molecule is Cl.O=C([C@@H]1CCCN1)N1CC2CCCC2C1. The van der Waals surface area contributed by atoms with Gasteiger partial charge in [0.1, 0.15) is 0 Å². The van der Waals surface area contributed by atoms with Gasteiger partial charge in [-0.1, -0.05) is 6.42 Å².